The van der Waals surface area contributed by atoms with Crippen molar-refractivity contribution in [1.82, 2.24) is 15.0 Å². The molecule has 1 saturated carbocycles. The lowest BCUT2D eigenvalue weighted by Gasteiger charge is -2.32. The first-order valence-electron chi connectivity index (χ1n) is 9.56. The van der Waals surface area contributed by atoms with Crippen LogP contribution in [-0.4, -0.2) is 33.5 Å². The monoisotopic (exact) mass is 333 g/mol. The van der Waals surface area contributed by atoms with Gasteiger partial charge in [0.15, 0.2) is 5.82 Å². The van der Waals surface area contributed by atoms with Crippen molar-refractivity contribution in [3.8, 4) is 0 Å². The number of amides is 1. The van der Waals surface area contributed by atoms with E-state index < -0.39 is 0 Å². The zero-order chi connectivity index (χ0) is 17.3. The Bertz CT molecular complexity index is 567. The zero-order valence-electron chi connectivity index (χ0n) is 15.5. The van der Waals surface area contributed by atoms with Gasteiger partial charge in [-0.15, -0.1) is 0 Å². The predicted molar refractivity (Wildman–Crippen MR) is 92.7 cm³/mol. The standard InChI is InChI=1S/C19H31N3O2/c1-5-15(6-2)22-12-14(11-16(22)23)18-20-17(21-24-18)13-7-9-19(3,4)10-8-13/h13-15H,5-12H2,1-4H3. The van der Waals surface area contributed by atoms with Crippen LogP contribution in [0.2, 0.25) is 0 Å². The smallest absolute Gasteiger partial charge is 0.232 e. The molecule has 0 radical (unpaired) electrons. The molecule has 5 heteroatoms. The van der Waals surface area contributed by atoms with Crippen LogP contribution in [0.25, 0.3) is 0 Å². The molecule has 2 heterocycles. The topological polar surface area (TPSA) is 59.2 Å². The summed E-state index contributed by atoms with van der Waals surface area (Å²) in [5, 5.41) is 4.25. The number of aromatic nitrogens is 2. The van der Waals surface area contributed by atoms with Crippen molar-refractivity contribution < 1.29 is 9.32 Å². The molecule has 0 aromatic carbocycles. The van der Waals surface area contributed by atoms with Gasteiger partial charge in [0.2, 0.25) is 11.8 Å². The van der Waals surface area contributed by atoms with Crippen molar-refractivity contribution in [3.63, 3.8) is 0 Å². The second kappa shape index (κ2) is 6.85. The molecule has 1 aromatic heterocycles. The Morgan fingerprint density at radius 1 is 1.21 bits per heavy atom. The molecule has 24 heavy (non-hydrogen) atoms. The van der Waals surface area contributed by atoms with Crippen LogP contribution in [0.1, 0.15) is 96.2 Å². The number of nitrogens with zero attached hydrogens (tertiary/aromatic N) is 3. The SMILES string of the molecule is CCC(CC)N1CC(c2nc(C3CCC(C)(C)CC3)no2)CC1=O. The highest BCUT2D eigenvalue weighted by molar-refractivity contribution is 5.79. The molecular formula is C19H31N3O2. The Kier molecular flexibility index (Phi) is 4.97. The highest BCUT2D eigenvalue weighted by atomic mass is 16.5. The van der Waals surface area contributed by atoms with Crippen LogP contribution in [0.5, 0.6) is 0 Å². The van der Waals surface area contributed by atoms with E-state index in [0.29, 0.717) is 29.7 Å². The number of carbonyl (C=O) groups excluding carboxylic acids is 1. The van der Waals surface area contributed by atoms with Gasteiger partial charge < -0.3 is 9.42 Å². The molecule has 2 aliphatic rings. The van der Waals surface area contributed by atoms with Gasteiger partial charge in [-0.2, -0.15) is 4.98 Å². The van der Waals surface area contributed by atoms with E-state index >= 15 is 0 Å². The van der Waals surface area contributed by atoms with Gasteiger partial charge in [-0.25, -0.2) is 0 Å². The molecule has 0 bridgehead atoms. The van der Waals surface area contributed by atoms with E-state index in [1.165, 1.54) is 12.8 Å². The van der Waals surface area contributed by atoms with E-state index in [0.717, 1.165) is 38.1 Å². The van der Waals surface area contributed by atoms with E-state index in [9.17, 15) is 4.79 Å². The average molecular weight is 333 g/mol. The molecule has 1 aliphatic heterocycles. The predicted octanol–water partition coefficient (Wildman–Crippen LogP) is 4.26. The number of likely N-dealkylation sites (tertiary alicyclic amines) is 1. The molecule has 1 aliphatic carbocycles. The third kappa shape index (κ3) is 3.50. The zero-order valence-corrected chi connectivity index (χ0v) is 15.5. The first-order chi connectivity index (χ1) is 11.4. The van der Waals surface area contributed by atoms with Crippen molar-refractivity contribution in [3.05, 3.63) is 11.7 Å². The van der Waals surface area contributed by atoms with Gasteiger partial charge >= 0.3 is 0 Å². The van der Waals surface area contributed by atoms with Gasteiger partial charge in [0.25, 0.3) is 0 Å². The number of hydrogen-bond donors (Lipinski definition) is 0. The fourth-order valence-corrected chi connectivity index (χ4v) is 4.22. The lowest BCUT2D eigenvalue weighted by Crippen LogP contribution is -2.35. The maximum atomic E-state index is 12.3. The Balaban J connectivity index is 1.65. The molecule has 134 valence electrons. The highest BCUT2D eigenvalue weighted by Gasteiger charge is 2.37. The highest BCUT2D eigenvalue weighted by Crippen LogP contribution is 2.42. The second-order valence-corrected chi connectivity index (χ2v) is 8.35. The van der Waals surface area contributed by atoms with E-state index in [2.05, 4.69) is 37.8 Å². The van der Waals surface area contributed by atoms with Crippen LogP contribution >= 0.6 is 0 Å². The Labute approximate surface area is 145 Å². The summed E-state index contributed by atoms with van der Waals surface area (Å²) in [5.41, 5.74) is 0.441. The van der Waals surface area contributed by atoms with Crippen molar-refractivity contribution >= 4 is 5.91 Å². The Morgan fingerprint density at radius 3 is 2.50 bits per heavy atom. The summed E-state index contributed by atoms with van der Waals surface area (Å²) in [4.78, 5) is 19.0. The summed E-state index contributed by atoms with van der Waals surface area (Å²) in [6, 6.07) is 0.338. The molecule has 1 saturated heterocycles. The van der Waals surface area contributed by atoms with Crippen molar-refractivity contribution in [2.75, 3.05) is 6.54 Å². The molecule has 1 amide bonds. The van der Waals surface area contributed by atoms with Gasteiger partial charge in [-0.1, -0.05) is 32.9 Å². The summed E-state index contributed by atoms with van der Waals surface area (Å²) < 4.78 is 5.56. The van der Waals surface area contributed by atoms with Crippen LogP contribution in [0, 0.1) is 5.41 Å². The first kappa shape index (κ1) is 17.4. The van der Waals surface area contributed by atoms with Gasteiger partial charge in [-0.3, -0.25) is 4.79 Å². The normalized spacial score (nSPS) is 25.0. The van der Waals surface area contributed by atoms with Gasteiger partial charge in [0.1, 0.15) is 0 Å². The molecule has 2 fully saturated rings. The largest absolute Gasteiger partial charge is 0.339 e. The minimum absolute atomic E-state index is 0.0689. The molecule has 5 nitrogen and oxygen atoms in total. The van der Waals surface area contributed by atoms with E-state index in [4.69, 9.17) is 4.52 Å². The van der Waals surface area contributed by atoms with Crippen molar-refractivity contribution in [1.29, 1.82) is 0 Å². The molecule has 0 N–H and O–H groups in total. The Hall–Kier alpha value is -1.39. The number of carbonyl (C=O) groups is 1. The fourth-order valence-electron chi connectivity index (χ4n) is 4.22. The second-order valence-electron chi connectivity index (χ2n) is 8.35. The van der Waals surface area contributed by atoms with Crippen LogP contribution < -0.4 is 0 Å². The Morgan fingerprint density at radius 2 is 1.88 bits per heavy atom. The molecule has 3 rings (SSSR count). The fraction of sp³-hybridized carbons (Fsp3) is 0.842. The third-order valence-corrected chi connectivity index (χ3v) is 6.05. The molecule has 0 spiro atoms. The number of rotatable bonds is 5. The summed E-state index contributed by atoms with van der Waals surface area (Å²) in [7, 11) is 0. The molecule has 1 atom stereocenters. The molecule has 1 unspecified atom stereocenters. The van der Waals surface area contributed by atoms with Crippen molar-refractivity contribution in [2.24, 2.45) is 5.41 Å². The minimum Gasteiger partial charge on any atom is -0.339 e. The lowest BCUT2D eigenvalue weighted by molar-refractivity contribution is -0.129. The lowest BCUT2D eigenvalue weighted by atomic mass is 9.73. The van der Waals surface area contributed by atoms with Gasteiger partial charge in [-0.05, 0) is 43.9 Å². The summed E-state index contributed by atoms with van der Waals surface area (Å²) >= 11 is 0. The maximum absolute atomic E-state index is 12.3. The summed E-state index contributed by atoms with van der Waals surface area (Å²) in [5.74, 6) is 2.24. The number of hydrogen-bond acceptors (Lipinski definition) is 4. The van der Waals surface area contributed by atoms with E-state index in [1.54, 1.807) is 0 Å². The maximum Gasteiger partial charge on any atom is 0.232 e. The van der Waals surface area contributed by atoms with E-state index in [-0.39, 0.29) is 11.8 Å². The molecular weight excluding hydrogens is 302 g/mol. The third-order valence-electron chi connectivity index (χ3n) is 6.05. The van der Waals surface area contributed by atoms with E-state index in [1.807, 2.05) is 4.90 Å². The molecule has 1 aromatic rings. The van der Waals surface area contributed by atoms with Crippen LogP contribution in [-0.2, 0) is 4.79 Å². The van der Waals surface area contributed by atoms with Gasteiger partial charge in [0, 0.05) is 24.9 Å². The van der Waals surface area contributed by atoms with Gasteiger partial charge in [0.05, 0.1) is 5.92 Å². The summed E-state index contributed by atoms with van der Waals surface area (Å²) in [6.45, 7) is 9.68. The minimum atomic E-state index is 0.0689. The van der Waals surface area contributed by atoms with Crippen LogP contribution in [0.15, 0.2) is 4.52 Å². The van der Waals surface area contributed by atoms with Crippen molar-refractivity contribution in [2.45, 2.75) is 90.5 Å². The quantitative estimate of drug-likeness (QED) is 0.808. The van der Waals surface area contributed by atoms with Crippen LogP contribution in [0.3, 0.4) is 0 Å². The summed E-state index contributed by atoms with van der Waals surface area (Å²) in [6.07, 6.45) is 7.21. The first-order valence-corrected chi connectivity index (χ1v) is 9.56. The average Bonchev–Trinajstić information content (AvgIpc) is 3.16. The van der Waals surface area contributed by atoms with Crippen LogP contribution in [0.4, 0.5) is 0 Å².